The molecule has 98 valence electrons. The third-order valence-corrected chi connectivity index (χ3v) is 3.34. The van der Waals surface area contributed by atoms with Crippen LogP contribution in [0, 0.1) is 0 Å². The number of imidazole rings is 1. The Bertz CT molecular complexity index is 503. The quantitative estimate of drug-likeness (QED) is 0.758. The Morgan fingerprint density at radius 1 is 1.39 bits per heavy atom. The van der Waals surface area contributed by atoms with Crippen LogP contribution in [0.2, 0.25) is 0 Å². The van der Waals surface area contributed by atoms with Gasteiger partial charge in [-0.1, -0.05) is 19.1 Å². The van der Waals surface area contributed by atoms with Gasteiger partial charge >= 0.3 is 0 Å². The molecule has 0 saturated heterocycles. The summed E-state index contributed by atoms with van der Waals surface area (Å²) in [6, 6.07) is 8.49. The monoisotopic (exact) mass is 246 g/mol. The van der Waals surface area contributed by atoms with Gasteiger partial charge in [0.2, 0.25) is 0 Å². The van der Waals surface area contributed by atoms with E-state index >= 15 is 0 Å². The summed E-state index contributed by atoms with van der Waals surface area (Å²) in [4.78, 5) is 4.64. The molecule has 0 spiro atoms. The van der Waals surface area contributed by atoms with Crippen molar-refractivity contribution in [2.75, 3.05) is 13.1 Å². The van der Waals surface area contributed by atoms with Crippen molar-refractivity contribution in [1.29, 1.82) is 0 Å². The maximum atomic E-state index is 5.86. The van der Waals surface area contributed by atoms with Crippen LogP contribution < -0.4 is 11.1 Å². The number of fused-ring (bicyclic) bond motifs is 1. The van der Waals surface area contributed by atoms with Crippen molar-refractivity contribution in [3.8, 4) is 0 Å². The third kappa shape index (κ3) is 2.89. The molecule has 4 nitrogen and oxygen atoms in total. The van der Waals surface area contributed by atoms with E-state index in [1.807, 2.05) is 12.1 Å². The molecule has 1 unspecified atom stereocenters. The van der Waals surface area contributed by atoms with Crippen molar-refractivity contribution in [3.05, 3.63) is 30.1 Å². The van der Waals surface area contributed by atoms with Gasteiger partial charge in [-0.3, -0.25) is 0 Å². The molecule has 0 aliphatic carbocycles. The number of rotatable bonds is 6. The van der Waals surface area contributed by atoms with Crippen molar-refractivity contribution >= 4 is 11.0 Å². The molecule has 0 saturated carbocycles. The minimum absolute atomic E-state index is 0.255. The lowest BCUT2D eigenvalue weighted by atomic mass is 10.2. The number of hydrogen-bond acceptors (Lipinski definition) is 3. The second-order valence-corrected chi connectivity index (χ2v) is 4.70. The highest BCUT2D eigenvalue weighted by atomic mass is 15.1. The topological polar surface area (TPSA) is 55.9 Å². The van der Waals surface area contributed by atoms with Gasteiger partial charge in [0, 0.05) is 32.6 Å². The summed E-state index contributed by atoms with van der Waals surface area (Å²) in [5, 5.41) is 3.38. The number of para-hydroxylation sites is 2. The summed E-state index contributed by atoms with van der Waals surface area (Å²) in [7, 11) is 2.07. The zero-order valence-electron chi connectivity index (χ0n) is 11.2. The van der Waals surface area contributed by atoms with Gasteiger partial charge in [0.05, 0.1) is 11.0 Å². The molecule has 0 radical (unpaired) electrons. The number of hydrogen-bond donors (Lipinski definition) is 2. The molecule has 0 aliphatic rings. The van der Waals surface area contributed by atoms with E-state index < -0.39 is 0 Å². The summed E-state index contributed by atoms with van der Waals surface area (Å²) in [5.74, 6) is 1.12. The van der Waals surface area contributed by atoms with Gasteiger partial charge in [0.25, 0.3) is 0 Å². The molecule has 0 aliphatic heterocycles. The maximum absolute atomic E-state index is 5.86. The molecule has 0 amide bonds. The SMILES string of the molecule is CCC(N)CNCCc1nc2ccccc2n1C. The fourth-order valence-electron chi connectivity index (χ4n) is 2.05. The minimum atomic E-state index is 0.255. The number of aromatic nitrogens is 2. The van der Waals surface area contributed by atoms with Crippen molar-refractivity contribution in [2.24, 2.45) is 12.8 Å². The molecule has 18 heavy (non-hydrogen) atoms. The van der Waals surface area contributed by atoms with E-state index in [1.165, 1.54) is 5.52 Å². The van der Waals surface area contributed by atoms with Gasteiger partial charge < -0.3 is 15.6 Å². The average Bonchev–Trinajstić information content (AvgIpc) is 2.72. The van der Waals surface area contributed by atoms with Gasteiger partial charge in [-0.25, -0.2) is 4.98 Å². The first-order valence-corrected chi connectivity index (χ1v) is 6.59. The maximum Gasteiger partial charge on any atom is 0.110 e. The van der Waals surface area contributed by atoms with Crippen LogP contribution in [-0.4, -0.2) is 28.7 Å². The smallest absolute Gasteiger partial charge is 0.110 e. The normalized spacial score (nSPS) is 13.1. The zero-order chi connectivity index (χ0) is 13.0. The van der Waals surface area contributed by atoms with E-state index in [0.29, 0.717) is 0 Å². The van der Waals surface area contributed by atoms with Gasteiger partial charge in [0.15, 0.2) is 0 Å². The summed E-state index contributed by atoms with van der Waals surface area (Å²) in [6.45, 7) is 3.91. The Kier molecular flexibility index (Phi) is 4.33. The van der Waals surface area contributed by atoms with E-state index in [-0.39, 0.29) is 6.04 Å². The lowest BCUT2D eigenvalue weighted by molar-refractivity contribution is 0.558. The number of nitrogens with one attached hydrogen (secondary N) is 1. The molecular formula is C14H22N4. The highest BCUT2D eigenvalue weighted by Gasteiger charge is 2.06. The second kappa shape index (κ2) is 5.98. The summed E-state index contributed by atoms with van der Waals surface area (Å²) < 4.78 is 2.16. The van der Waals surface area contributed by atoms with Crippen LogP contribution in [0.1, 0.15) is 19.2 Å². The molecule has 0 fully saturated rings. The number of nitrogens with zero attached hydrogens (tertiary/aromatic N) is 2. The van der Waals surface area contributed by atoms with E-state index in [2.05, 4.69) is 41.0 Å². The number of aryl methyl sites for hydroxylation is 1. The number of nitrogens with two attached hydrogens (primary N) is 1. The zero-order valence-corrected chi connectivity index (χ0v) is 11.2. The van der Waals surface area contributed by atoms with Crippen LogP contribution in [0.5, 0.6) is 0 Å². The number of benzene rings is 1. The second-order valence-electron chi connectivity index (χ2n) is 4.70. The highest BCUT2D eigenvalue weighted by Crippen LogP contribution is 2.14. The fourth-order valence-corrected chi connectivity index (χ4v) is 2.05. The first-order chi connectivity index (χ1) is 8.72. The van der Waals surface area contributed by atoms with E-state index in [9.17, 15) is 0 Å². The van der Waals surface area contributed by atoms with Gasteiger partial charge in [0.1, 0.15) is 5.82 Å². The highest BCUT2D eigenvalue weighted by molar-refractivity contribution is 5.75. The van der Waals surface area contributed by atoms with Crippen LogP contribution >= 0.6 is 0 Å². The summed E-state index contributed by atoms with van der Waals surface area (Å²) >= 11 is 0. The molecule has 4 heteroatoms. The Morgan fingerprint density at radius 3 is 2.89 bits per heavy atom. The molecule has 1 atom stereocenters. The summed E-state index contributed by atoms with van der Waals surface area (Å²) in [6.07, 6.45) is 1.95. The first-order valence-electron chi connectivity index (χ1n) is 6.59. The molecular weight excluding hydrogens is 224 g/mol. The minimum Gasteiger partial charge on any atom is -0.331 e. The fraction of sp³-hybridized carbons (Fsp3) is 0.500. The van der Waals surface area contributed by atoms with Gasteiger partial charge in [-0.15, -0.1) is 0 Å². The predicted octanol–water partition coefficient (Wildman–Crippen LogP) is 1.44. The molecule has 1 aromatic heterocycles. The summed E-state index contributed by atoms with van der Waals surface area (Å²) in [5.41, 5.74) is 8.12. The van der Waals surface area contributed by atoms with E-state index in [0.717, 1.165) is 37.3 Å². The van der Waals surface area contributed by atoms with Gasteiger partial charge in [-0.05, 0) is 18.6 Å². The Morgan fingerprint density at radius 2 is 2.17 bits per heavy atom. The Balaban J connectivity index is 1.94. The van der Waals surface area contributed by atoms with Crippen molar-refractivity contribution in [1.82, 2.24) is 14.9 Å². The molecule has 2 rings (SSSR count). The molecule has 1 heterocycles. The van der Waals surface area contributed by atoms with Crippen molar-refractivity contribution < 1.29 is 0 Å². The van der Waals surface area contributed by atoms with Crippen LogP contribution in [-0.2, 0) is 13.5 Å². The van der Waals surface area contributed by atoms with Crippen LogP contribution in [0.3, 0.4) is 0 Å². The lowest BCUT2D eigenvalue weighted by Crippen LogP contribution is -2.34. The Labute approximate surface area is 108 Å². The lowest BCUT2D eigenvalue weighted by Gasteiger charge is -2.09. The first kappa shape index (κ1) is 13.1. The standard InChI is InChI=1S/C14H22N4/c1-3-11(15)10-16-9-8-14-17-12-6-4-5-7-13(12)18(14)2/h4-7,11,16H,3,8-10,15H2,1-2H3. The molecule has 0 bridgehead atoms. The van der Waals surface area contributed by atoms with Crippen LogP contribution in [0.4, 0.5) is 0 Å². The molecule has 1 aromatic carbocycles. The largest absolute Gasteiger partial charge is 0.331 e. The average molecular weight is 246 g/mol. The molecule has 3 N–H and O–H groups in total. The van der Waals surface area contributed by atoms with Crippen LogP contribution in [0.15, 0.2) is 24.3 Å². The van der Waals surface area contributed by atoms with E-state index in [4.69, 9.17) is 5.73 Å². The van der Waals surface area contributed by atoms with Crippen LogP contribution in [0.25, 0.3) is 11.0 Å². The van der Waals surface area contributed by atoms with Gasteiger partial charge in [-0.2, -0.15) is 0 Å². The van der Waals surface area contributed by atoms with Crippen molar-refractivity contribution in [2.45, 2.75) is 25.8 Å². The Hall–Kier alpha value is -1.39. The molecule has 2 aromatic rings. The van der Waals surface area contributed by atoms with Crippen molar-refractivity contribution in [3.63, 3.8) is 0 Å². The third-order valence-electron chi connectivity index (χ3n) is 3.34. The van der Waals surface area contributed by atoms with E-state index in [1.54, 1.807) is 0 Å². The predicted molar refractivity (Wildman–Crippen MR) is 75.6 cm³/mol.